The van der Waals surface area contributed by atoms with Crippen molar-refractivity contribution in [2.24, 2.45) is 11.3 Å². The maximum atomic E-state index is 12.5. The zero-order valence-corrected chi connectivity index (χ0v) is 11.8. The number of rotatable bonds is 2. The number of nitrogens with zero attached hydrogens (tertiary/aromatic N) is 1. The van der Waals surface area contributed by atoms with E-state index < -0.39 is 5.41 Å². The number of likely N-dealkylation sites (tertiary alicyclic amines) is 1. The van der Waals surface area contributed by atoms with Crippen molar-refractivity contribution in [1.82, 2.24) is 4.90 Å². The van der Waals surface area contributed by atoms with Crippen molar-refractivity contribution < 1.29 is 4.79 Å². The number of carbonyl (C=O) groups is 1. The van der Waals surface area contributed by atoms with Crippen LogP contribution < -0.4 is 0 Å². The van der Waals surface area contributed by atoms with Crippen LogP contribution in [0.3, 0.4) is 0 Å². The molecule has 98 valence electrons. The van der Waals surface area contributed by atoms with Gasteiger partial charge in [-0.3, -0.25) is 4.79 Å². The molecular formula is C14H24ClNO. The third-order valence-corrected chi connectivity index (χ3v) is 5.09. The quantitative estimate of drug-likeness (QED) is 0.694. The molecule has 0 aromatic rings. The van der Waals surface area contributed by atoms with Gasteiger partial charge < -0.3 is 4.90 Å². The van der Waals surface area contributed by atoms with E-state index >= 15 is 0 Å². The first-order chi connectivity index (χ1) is 8.06. The molecule has 1 heterocycles. The van der Waals surface area contributed by atoms with E-state index in [1.807, 2.05) is 13.8 Å². The summed E-state index contributed by atoms with van der Waals surface area (Å²) in [6.45, 7) is 4.88. The lowest BCUT2D eigenvalue weighted by molar-refractivity contribution is -0.145. The fraction of sp³-hybridized carbons (Fsp3) is 0.929. The van der Waals surface area contributed by atoms with Gasteiger partial charge in [-0.1, -0.05) is 12.8 Å². The van der Waals surface area contributed by atoms with Gasteiger partial charge in [0.15, 0.2) is 0 Å². The molecule has 2 fully saturated rings. The Balaban J connectivity index is 2.11. The van der Waals surface area contributed by atoms with Gasteiger partial charge in [-0.2, -0.15) is 0 Å². The van der Waals surface area contributed by atoms with Crippen molar-refractivity contribution in [2.75, 3.05) is 12.4 Å². The van der Waals surface area contributed by atoms with E-state index in [1.165, 1.54) is 38.5 Å². The number of piperidine rings is 1. The summed E-state index contributed by atoms with van der Waals surface area (Å²) in [5, 5.41) is 0. The van der Waals surface area contributed by atoms with Crippen molar-refractivity contribution in [3.8, 4) is 0 Å². The molecule has 0 aromatic carbocycles. The maximum Gasteiger partial charge on any atom is 0.229 e. The number of amides is 1. The molecule has 0 spiro atoms. The Hall–Kier alpha value is -0.240. The average Bonchev–Trinajstić information content (AvgIpc) is 2.37. The first kappa shape index (κ1) is 13.2. The van der Waals surface area contributed by atoms with Crippen LogP contribution in [-0.4, -0.2) is 29.3 Å². The molecule has 0 radical (unpaired) electrons. The van der Waals surface area contributed by atoms with Crippen LogP contribution in [0.15, 0.2) is 0 Å². The molecule has 0 bridgehead atoms. The fourth-order valence-corrected chi connectivity index (χ4v) is 3.44. The Labute approximate surface area is 110 Å². The van der Waals surface area contributed by atoms with Crippen molar-refractivity contribution in [2.45, 2.75) is 58.4 Å². The molecule has 2 nitrogen and oxygen atoms in total. The zero-order chi connectivity index (χ0) is 12.5. The molecule has 0 aromatic heterocycles. The van der Waals surface area contributed by atoms with Gasteiger partial charge in [-0.15, -0.1) is 11.6 Å². The molecule has 2 aliphatic rings. The Bertz CT molecular complexity index is 288. The van der Waals surface area contributed by atoms with Crippen molar-refractivity contribution in [3.63, 3.8) is 0 Å². The van der Waals surface area contributed by atoms with E-state index in [9.17, 15) is 4.79 Å². The summed E-state index contributed by atoms with van der Waals surface area (Å²) in [6, 6.07) is 0.507. The lowest BCUT2D eigenvalue weighted by Gasteiger charge is -2.46. The van der Waals surface area contributed by atoms with Crippen LogP contribution in [0.2, 0.25) is 0 Å². The smallest absolute Gasteiger partial charge is 0.229 e. The summed E-state index contributed by atoms with van der Waals surface area (Å²) in [6.07, 6.45) is 7.64. The van der Waals surface area contributed by atoms with Crippen LogP contribution in [-0.2, 0) is 4.79 Å². The molecular weight excluding hydrogens is 234 g/mol. The number of halogens is 1. The van der Waals surface area contributed by atoms with Gasteiger partial charge in [0.1, 0.15) is 0 Å². The van der Waals surface area contributed by atoms with E-state index in [1.54, 1.807) is 0 Å². The van der Waals surface area contributed by atoms with Gasteiger partial charge in [0.2, 0.25) is 5.91 Å². The first-order valence-electron chi connectivity index (χ1n) is 6.93. The highest BCUT2D eigenvalue weighted by Crippen LogP contribution is 2.37. The lowest BCUT2D eigenvalue weighted by atomic mass is 9.77. The SMILES string of the molecule is CC(C)(CCl)C(=O)N1CCCC2CCCCC21. The van der Waals surface area contributed by atoms with E-state index in [0.717, 1.165) is 12.5 Å². The molecule has 17 heavy (non-hydrogen) atoms. The molecule has 1 saturated carbocycles. The van der Waals surface area contributed by atoms with E-state index in [0.29, 0.717) is 11.9 Å². The highest BCUT2D eigenvalue weighted by atomic mass is 35.5. The standard InChI is InChI=1S/C14H24ClNO/c1-14(2,10-15)13(17)16-9-5-7-11-6-3-4-8-12(11)16/h11-12H,3-10H2,1-2H3. The summed E-state index contributed by atoms with van der Waals surface area (Å²) in [4.78, 5) is 14.7. The van der Waals surface area contributed by atoms with Crippen LogP contribution in [0, 0.1) is 11.3 Å². The van der Waals surface area contributed by atoms with Crippen LogP contribution in [0.25, 0.3) is 0 Å². The van der Waals surface area contributed by atoms with Crippen LogP contribution in [0.5, 0.6) is 0 Å². The van der Waals surface area contributed by atoms with Crippen molar-refractivity contribution >= 4 is 17.5 Å². The molecule has 2 rings (SSSR count). The van der Waals surface area contributed by atoms with Gasteiger partial charge in [0.25, 0.3) is 0 Å². The average molecular weight is 258 g/mol. The third kappa shape index (κ3) is 2.62. The number of hydrogen-bond donors (Lipinski definition) is 0. The second-order valence-corrected chi connectivity index (χ2v) is 6.54. The normalized spacial score (nSPS) is 29.9. The zero-order valence-electron chi connectivity index (χ0n) is 11.0. The molecule has 1 saturated heterocycles. The van der Waals surface area contributed by atoms with Crippen molar-refractivity contribution in [3.05, 3.63) is 0 Å². The van der Waals surface area contributed by atoms with Gasteiger partial charge in [0.05, 0.1) is 5.41 Å². The summed E-state index contributed by atoms with van der Waals surface area (Å²) in [5.74, 6) is 1.44. The number of hydrogen-bond acceptors (Lipinski definition) is 1. The first-order valence-corrected chi connectivity index (χ1v) is 7.47. The minimum Gasteiger partial charge on any atom is -0.339 e. The van der Waals surface area contributed by atoms with Gasteiger partial charge in [0, 0.05) is 18.5 Å². The monoisotopic (exact) mass is 257 g/mol. The fourth-order valence-electron chi connectivity index (χ4n) is 3.32. The summed E-state index contributed by atoms with van der Waals surface area (Å²) in [7, 11) is 0. The Kier molecular flexibility index (Phi) is 4.02. The van der Waals surface area contributed by atoms with E-state index in [4.69, 9.17) is 11.6 Å². The summed E-state index contributed by atoms with van der Waals surface area (Å²) < 4.78 is 0. The number of alkyl halides is 1. The second kappa shape index (κ2) is 5.17. The Morgan fingerprint density at radius 2 is 1.88 bits per heavy atom. The lowest BCUT2D eigenvalue weighted by Crippen LogP contribution is -2.53. The highest BCUT2D eigenvalue weighted by Gasteiger charge is 2.40. The minimum atomic E-state index is -0.402. The Morgan fingerprint density at radius 1 is 1.24 bits per heavy atom. The van der Waals surface area contributed by atoms with Crippen LogP contribution in [0.4, 0.5) is 0 Å². The topological polar surface area (TPSA) is 20.3 Å². The van der Waals surface area contributed by atoms with Gasteiger partial charge in [-0.25, -0.2) is 0 Å². The van der Waals surface area contributed by atoms with Crippen LogP contribution in [0.1, 0.15) is 52.4 Å². The predicted octanol–water partition coefficient (Wildman–Crippen LogP) is 3.43. The molecule has 3 heteroatoms. The highest BCUT2D eigenvalue weighted by molar-refractivity contribution is 6.19. The van der Waals surface area contributed by atoms with Crippen molar-refractivity contribution in [1.29, 1.82) is 0 Å². The van der Waals surface area contributed by atoms with Gasteiger partial charge >= 0.3 is 0 Å². The number of carbonyl (C=O) groups excluding carboxylic acids is 1. The molecule has 0 N–H and O–H groups in total. The van der Waals surface area contributed by atoms with Crippen LogP contribution >= 0.6 is 11.6 Å². The molecule has 1 aliphatic carbocycles. The second-order valence-electron chi connectivity index (χ2n) is 6.27. The summed E-state index contributed by atoms with van der Waals surface area (Å²) in [5.41, 5.74) is -0.402. The number of fused-ring (bicyclic) bond motifs is 1. The maximum absolute atomic E-state index is 12.5. The summed E-state index contributed by atoms with van der Waals surface area (Å²) >= 11 is 5.93. The third-order valence-electron chi connectivity index (χ3n) is 4.42. The molecule has 2 unspecified atom stereocenters. The predicted molar refractivity (Wildman–Crippen MR) is 71.2 cm³/mol. The largest absolute Gasteiger partial charge is 0.339 e. The van der Waals surface area contributed by atoms with E-state index in [2.05, 4.69) is 4.90 Å². The van der Waals surface area contributed by atoms with E-state index in [-0.39, 0.29) is 5.91 Å². The minimum absolute atomic E-state index is 0.268. The molecule has 2 atom stereocenters. The van der Waals surface area contributed by atoms with Gasteiger partial charge in [-0.05, 0) is 45.4 Å². The molecule has 1 aliphatic heterocycles. The molecule has 1 amide bonds. The Morgan fingerprint density at radius 3 is 2.59 bits per heavy atom.